The number of amides is 3. The molecule has 1 aromatic carbocycles. The van der Waals surface area contributed by atoms with Crippen molar-refractivity contribution in [3.05, 3.63) is 28.2 Å². The largest absolute Gasteiger partial charge is 0.496 e. The van der Waals surface area contributed by atoms with Crippen molar-refractivity contribution in [3.8, 4) is 5.75 Å². The van der Waals surface area contributed by atoms with Crippen molar-refractivity contribution >= 4 is 27.9 Å². The highest BCUT2D eigenvalue weighted by molar-refractivity contribution is 9.10. The number of carbonyl (C=O) groups is 2. The molecule has 0 heterocycles. The fourth-order valence-corrected chi connectivity index (χ4v) is 2.11. The molecule has 3 amide bonds. The summed E-state index contributed by atoms with van der Waals surface area (Å²) in [6.45, 7) is 1.99. The van der Waals surface area contributed by atoms with E-state index < -0.39 is 6.03 Å². The van der Waals surface area contributed by atoms with Gasteiger partial charge >= 0.3 is 6.03 Å². The predicted octanol–water partition coefficient (Wildman–Crippen LogP) is 1.56. The molecule has 0 saturated carbocycles. The third-order valence-corrected chi connectivity index (χ3v) is 3.34. The standard InChI is InChI=1S/C13H18BrN3O3/c1-8(16-7-12(18)17-13(19)15-2)9-4-5-11(20-3)10(14)6-9/h4-6,8,16H,7H2,1-3H3,(H2,15,17,18,19)/t8-/m1/s1. The highest BCUT2D eigenvalue weighted by Gasteiger charge is 2.11. The van der Waals surface area contributed by atoms with E-state index in [1.807, 2.05) is 25.1 Å². The summed E-state index contributed by atoms with van der Waals surface area (Å²) in [6, 6.07) is 5.14. The summed E-state index contributed by atoms with van der Waals surface area (Å²) in [5, 5.41) is 7.54. The number of rotatable bonds is 5. The van der Waals surface area contributed by atoms with Crippen LogP contribution in [-0.4, -0.2) is 32.6 Å². The van der Waals surface area contributed by atoms with Crippen LogP contribution in [0.1, 0.15) is 18.5 Å². The molecule has 0 aliphatic rings. The average Bonchev–Trinajstić information content (AvgIpc) is 2.44. The van der Waals surface area contributed by atoms with Gasteiger partial charge in [-0.2, -0.15) is 0 Å². The van der Waals surface area contributed by atoms with Crippen molar-refractivity contribution in [2.45, 2.75) is 13.0 Å². The van der Waals surface area contributed by atoms with Crippen molar-refractivity contribution in [2.75, 3.05) is 20.7 Å². The van der Waals surface area contributed by atoms with Gasteiger partial charge in [-0.15, -0.1) is 0 Å². The Morgan fingerprint density at radius 1 is 1.40 bits per heavy atom. The van der Waals surface area contributed by atoms with Crippen molar-refractivity contribution in [3.63, 3.8) is 0 Å². The number of methoxy groups -OCH3 is 1. The van der Waals surface area contributed by atoms with Crippen LogP contribution in [0.3, 0.4) is 0 Å². The number of halogens is 1. The molecule has 7 heteroatoms. The number of urea groups is 1. The number of nitrogens with one attached hydrogen (secondary N) is 3. The Balaban J connectivity index is 2.54. The zero-order valence-electron chi connectivity index (χ0n) is 11.6. The summed E-state index contributed by atoms with van der Waals surface area (Å²) in [7, 11) is 3.05. The summed E-state index contributed by atoms with van der Waals surface area (Å²) >= 11 is 3.41. The van der Waals surface area contributed by atoms with Gasteiger partial charge in [-0.05, 0) is 40.5 Å². The smallest absolute Gasteiger partial charge is 0.321 e. The molecule has 0 aromatic heterocycles. The van der Waals surface area contributed by atoms with Crippen molar-refractivity contribution in [1.82, 2.24) is 16.0 Å². The lowest BCUT2D eigenvalue weighted by atomic mass is 10.1. The van der Waals surface area contributed by atoms with Gasteiger partial charge in [0.1, 0.15) is 5.75 Å². The van der Waals surface area contributed by atoms with Gasteiger partial charge in [-0.25, -0.2) is 4.79 Å². The molecule has 0 radical (unpaired) electrons. The van der Waals surface area contributed by atoms with Crippen molar-refractivity contribution in [2.24, 2.45) is 0 Å². The van der Waals surface area contributed by atoms with E-state index in [0.717, 1.165) is 15.8 Å². The van der Waals surface area contributed by atoms with Gasteiger partial charge in [0.15, 0.2) is 0 Å². The van der Waals surface area contributed by atoms with Gasteiger partial charge in [0.25, 0.3) is 0 Å². The zero-order valence-corrected chi connectivity index (χ0v) is 13.2. The van der Waals surface area contributed by atoms with Gasteiger partial charge in [0, 0.05) is 13.1 Å². The summed E-state index contributed by atoms with van der Waals surface area (Å²) in [4.78, 5) is 22.4. The maximum Gasteiger partial charge on any atom is 0.321 e. The average molecular weight is 344 g/mol. The second-order valence-corrected chi connectivity index (χ2v) is 4.98. The third-order valence-electron chi connectivity index (χ3n) is 2.72. The highest BCUT2D eigenvalue weighted by Crippen LogP contribution is 2.27. The van der Waals surface area contributed by atoms with Crippen LogP contribution in [0.5, 0.6) is 5.75 Å². The van der Waals surface area contributed by atoms with E-state index in [1.54, 1.807) is 7.11 Å². The second-order valence-electron chi connectivity index (χ2n) is 4.12. The summed E-state index contributed by atoms with van der Waals surface area (Å²) in [6.07, 6.45) is 0. The first-order valence-electron chi connectivity index (χ1n) is 6.06. The molecule has 0 fully saturated rings. The Hall–Kier alpha value is -1.60. The molecule has 1 aromatic rings. The topological polar surface area (TPSA) is 79.5 Å². The monoisotopic (exact) mass is 343 g/mol. The first-order chi connectivity index (χ1) is 9.47. The van der Waals surface area contributed by atoms with Gasteiger partial charge in [0.05, 0.1) is 18.1 Å². The number of hydrogen-bond acceptors (Lipinski definition) is 4. The van der Waals surface area contributed by atoms with Crippen LogP contribution in [-0.2, 0) is 4.79 Å². The lowest BCUT2D eigenvalue weighted by molar-refractivity contribution is -0.119. The van der Waals surface area contributed by atoms with Crippen LogP contribution in [0.2, 0.25) is 0 Å². The lowest BCUT2D eigenvalue weighted by Crippen LogP contribution is -2.42. The quantitative estimate of drug-likeness (QED) is 0.758. The fraction of sp³-hybridized carbons (Fsp3) is 0.385. The van der Waals surface area contributed by atoms with Gasteiger partial charge < -0.3 is 15.4 Å². The first-order valence-corrected chi connectivity index (χ1v) is 6.85. The SMILES string of the molecule is CNC(=O)NC(=O)CN[C@H](C)c1ccc(OC)c(Br)c1. The van der Waals surface area contributed by atoms with Crippen LogP contribution in [0, 0.1) is 0 Å². The molecular weight excluding hydrogens is 326 g/mol. The van der Waals surface area contributed by atoms with Crippen molar-refractivity contribution < 1.29 is 14.3 Å². The minimum Gasteiger partial charge on any atom is -0.496 e. The van der Waals surface area contributed by atoms with Crippen LogP contribution in [0.15, 0.2) is 22.7 Å². The van der Waals surface area contributed by atoms with E-state index in [2.05, 4.69) is 31.9 Å². The maximum atomic E-state index is 11.5. The minimum absolute atomic E-state index is 0.0346. The van der Waals surface area contributed by atoms with Crippen LogP contribution in [0.25, 0.3) is 0 Å². The Kier molecular flexibility index (Phi) is 6.47. The molecule has 3 N–H and O–H groups in total. The Bertz CT molecular complexity index is 494. The number of carbonyl (C=O) groups excluding carboxylic acids is 2. The molecular formula is C13H18BrN3O3. The van der Waals surface area contributed by atoms with E-state index in [0.29, 0.717) is 0 Å². The molecule has 0 bridgehead atoms. The number of imide groups is 1. The van der Waals surface area contributed by atoms with E-state index in [4.69, 9.17) is 4.74 Å². The molecule has 0 spiro atoms. The van der Waals surface area contributed by atoms with E-state index >= 15 is 0 Å². The van der Waals surface area contributed by atoms with Gasteiger partial charge in [-0.1, -0.05) is 6.07 Å². The van der Waals surface area contributed by atoms with E-state index in [-0.39, 0.29) is 18.5 Å². The molecule has 0 aliphatic heterocycles. The van der Waals surface area contributed by atoms with E-state index in [9.17, 15) is 9.59 Å². The first kappa shape index (κ1) is 16.5. The molecule has 110 valence electrons. The Morgan fingerprint density at radius 3 is 2.65 bits per heavy atom. The number of ether oxygens (including phenoxy) is 1. The van der Waals surface area contributed by atoms with Crippen LogP contribution >= 0.6 is 15.9 Å². The zero-order chi connectivity index (χ0) is 15.1. The highest BCUT2D eigenvalue weighted by atomic mass is 79.9. The lowest BCUT2D eigenvalue weighted by Gasteiger charge is -2.15. The van der Waals surface area contributed by atoms with Crippen LogP contribution in [0.4, 0.5) is 4.79 Å². The molecule has 20 heavy (non-hydrogen) atoms. The summed E-state index contributed by atoms with van der Waals surface area (Å²) in [5.74, 6) is 0.363. The Morgan fingerprint density at radius 2 is 2.10 bits per heavy atom. The van der Waals surface area contributed by atoms with Gasteiger partial charge in [-0.3, -0.25) is 10.1 Å². The van der Waals surface area contributed by atoms with E-state index in [1.165, 1.54) is 7.05 Å². The molecule has 1 atom stereocenters. The summed E-state index contributed by atoms with van der Waals surface area (Å²) < 4.78 is 6.01. The normalized spacial score (nSPS) is 11.6. The molecule has 0 unspecified atom stereocenters. The van der Waals surface area contributed by atoms with Crippen LogP contribution < -0.4 is 20.7 Å². The molecule has 0 aliphatic carbocycles. The van der Waals surface area contributed by atoms with Crippen molar-refractivity contribution in [1.29, 1.82) is 0 Å². The number of hydrogen-bond donors (Lipinski definition) is 3. The predicted molar refractivity (Wildman–Crippen MR) is 79.7 cm³/mol. The molecule has 6 nitrogen and oxygen atoms in total. The number of benzene rings is 1. The molecule has 0 saturated heterocycles. The second kappa shape index (κ2) is 7.86. The fourth-order valence-electron chi connectivity index (χ4n) is 1.55. The third kappa shape index (κ3) is 4.82. The molecule has 1 rings (SSSR count). The summed E-state index contributed by atoms with van der Waals surface area (Å²) in [5.41, 5.74) is 1.01. The Labute approximate surface area is 126 Å². The maximum absolute atomic E-state index is 11.5. The minimum atomic E-state index is -0.517. The van der Waals surface area contributed by atoms with Gasteiger partial charge in [0.2, 0.25) is 5.91 Å².